The van der Waals surface area contributed by atoms with E-state index in [-0.39, 0.29) is 18.8 Å². The molecule has 31 heavy (non-hydrogen) atoms. The molecule has 1 aromatic rings. The molecule has 9 heteroatoms. The van der Waals surface area contributed by atoms with Crippen LogP contribution in [-0.4, -0.2) is 67.6 Å². The number of hydrogen-bond acceptors (Lipinski definition) is 5. The number of urea groups is 1. The molecule has 1 heterocycles. The van der Waals surface area contributed by atoms with Crippen LogP contribution in [0.2, 0.25) is 0 Å². The standard InChI is InChI=1S/C22H35FN4O4/c1-7-26(21(29)31-22(4,5)6)11-10-24-20(28)25-17-8-9-19(18(23)12-17)27-13-15(2)30-16(3)14-27/h8-9,12,15-16H,7,10-11,13-14H2,1-6H3,(H2,24,25,28)/t15-,16-/m0/s1. The molecule has 1 aliphatic rings. The Morgan fingerprint density at radius 2 is 1.90 bits per heavy atom. The summed E-state index contributed by atoms with van der Waals surface area (Å²) in [5, 5.41) is 5.30. The summed E-state index contributed by atoms with van der Waals surface area (Å²) >= 11 is 0. The Kier molecular flexibility index (Phi) is 8.50. The Bertz CT molecular complexity index is 758. The van der Waals surface area contributed by atoms with Gasteiger partial charge in [-0.25, -0.2) is 14.0 Å². The number of hydrogen-bond donors (Lipinski definition) is 2. The van der Waals surface area contributed by atoms with Gasteiger partial charge < -0.3 is 29.9 Å². The maximum absolute atomic E-state index is 14.7. The third-order valence-electron chi connectivity index (χ3n) is 4.67. The lowest BCUT2D eigenvalue weighted by molar-refractivity contribution is -0.00540. The van der Waals surface area contributed by atoms with Crippen molar-refractivity contribution in [2.75, 3.05) is 42.9 Å². The third kappa shape index (κ3) is 7.90. The van der Waals surface area contributed by atoms with Gasteiger partial charge in [0, 0.05) is 38.4 Å². The second kappa shape index (κ2) is 10.7. The van der Waals surface area contributed by atoms with Gasteiger partial charge in [0.05, 0.1) is 17.9 Å². The van der Waals surface area contributed by atoms with E-state index < -0.39 is 23.5 Å². The van der Waals surface area contributed by atoms with Crippen molar-refractivity contribution in [1.29, 1.82) is 0 Å². The highest BCUT2D eigenvalue weighted by Gasteiger charge is 2.24. The molecule has 2 atom stereocenters. The van der Waals surface area contributed by atoms with Crippen LogP contribution in [0.4, 0.5) is 25.4 Å². The predicted molar refractivity (Wildman–Crippen MR) is 119 cm³/mol. The molecule has 2 rings (SSSR count). The number of carbonyl (C=O) groups excluding carboxylic acids is 2. The molecule has 1 saturated heterocycles. The molecule has 0 bridgehead atoms. The number of morpholine rings is 1. The summed E-state index contributed by atoms with van der Waals surface area (Å²) in [4.78, 5) is 27.7. The number of rotatable bonds is 6. The Hall–Kier alpha value is -2.55. The molecule has 0 spiro atoms. The van der Waals surface area contributed by atoms with Crippen LogP contribution in [0.15, 0.2) is 18.2 Å². The van der Waals surface area contributed by atoms with E-state index in [9.17, 15) is 14.0 Å². The molecular weight excluding hydrogens is 403 g/mol. The van der Waals surface area contributed by atoms with Gasteiger partial charge in [0.2, 0.25) is 0 Å². The van der Waals surface area contributed by atoms with Crippen LogP contribution in [0.3, 0.4) is 0 Å². The molecule has 0 saturated carbocycles. The number of anilines is 2. The lowest BCUT2D eigenvalue weighted by Crippen LogP contribution is -2.45. The molecule has 0 aliphatic carbocycles. The van der Waals surface area contributed by atoms with E-state index in [0.29, 0.717) is 37.6 Å². The lowest BCUT2D eigenvalue weighted by atomic mass is 10.2. The van der Waals surface area contributed by atoms with Crippen molar-refractivity contribution < 1.29 is 23.5 Å². The van der Waals surface area contributed by atoms with Gasteiger partial charge in [-0.3, -0.25) is 0 Å². The number of amides is 3. The summed E-state index contributed by atoms with van der Waals surface area (Å²) < 4.78 is 25.7. The number of carbonyl (C=O) groups is 2. The van der Waals surface area contributed by atoms with Gasteiger partial charge in [0.15, 0.2) is 0 Å². The van der Waals surface area contributed by atoms with Gasteiger partial charge in [-0.2, -0.15) is 0 Å². The number of likely N-dealkylation sites (N-methyl/N-ethyl adjacent to an activating group) is 1. The maximum atomic E-state index is 14.7. The van der Waals surface area contributed by atoms with Crippen molar-refractivity contribution in [3.8, 4) is 0 Å². The van der Waals surface area contributed by atoms with E-state index in [2.05, 4.69) is 10.6 Å². The van der Waals surface area contributed by atoms with Gasteiger partial charge in [-0.05, 0) is 59.7 Å². The number of halogens is 1. The fraction of sp³-hybridized carbons (Fsp3) is 0.636. The molecule has 1 fully saturated rings. The molecule has 1 aromatic carbocycles. The Labute approximate surface area is 184 Å². The van der Waals surface area contributed by atoms with Crippen LogP contribution in [0.1, 0.15) is 41.5 Å². The van der Waals surface area contributed by atoms with Crippen LogP contribution >= 0.6 is 0 Å². The summed E-state index contributed by atoms with van der Waals surface area (Å²) in [7, 11) is 0. The summed E-state index contributed by atoms with van der Waals surface area (Å²) in [6, 6.07) is 4.17. The van der Waals surface area contributed by atoms with Crippen molar-refractivity contribution in [2.45, 2.75) is 59.4 Å². The van der Waals surface area contributed by atoms with Crippen LogP contribution < -0.4 is 15.5 Å². The van der Waals surface area contributed by atoms with Gasteiger partial charge in [0.25, 0.3) is 0 Å². The molecule has 174 valence electrons. The number of nitrogens with zero attached hydrogens (tertiary/aromatic N) is 2. The van der Waals surface area contributed by atoms with Crippen LogP contribution in [0.25, 0.3) is 0 Å². The molecule has 0 aromatic heterocycles. The smallest absolute Gasteiger partial charge is 0.410 e. The number of ether oxygens (including phenoxy) is 2. The first-order valence-electron chi connectivity index (χ1n) is 10.7. The largest absolute Gasteiger partial charge is 0.444 e. The molecule has 3 amide bonds. The van der Waals surface area contributed by atoms with Crippen molar-refractivity contribution in [1.82, 2.24) is 10.2 Å². The first-order valence-corrected chi connectivity index (χ1v) is 10.7. The zero-order chi connectivity index (χ0) is 23.2. The highest BCUT2D eigenvalue weighted by molar-refractivity contribution is 5.89. The monoisotopic (exact) mass is 438 g/mol. The fourth-order valence-corrected chi connectivity index (χ4v) is 3.40. The zero-order valence-electron chi connectivity index (χ0n) is 19.3. The van der Waals surface area contributed by atoms with E-state index in [1.807, 2.05) is 25.7 Å². The molecule has 0 radical (unpaired) electrons. The Balaban J connectivity index is 1.85. The van der Waals surface area contributed by atoms with Gasteiger partial charge in [0.1, 0.15) is 11.4 Å². The molecule has 2 N–H and O–H groups in total. The summed E-state index contributed by atoms with van der Waals surface area (Å²) in [6.45, 7) is 13.4. The summed E-state index contributed by atoms with van der Waals surface area (Å²) in [5.74, 6) is -0.402. The first kappa shape index (κ1) is 24.7. The summed E-state index contributed by atoms with van der Waals surface area (Å²) in [6.07, 6.45) is -0.383. The second-order valence-electron chi connectivity index (χ2n) is 8.77. The van der Waals surface area contributed by atoms with E-state index in [1.54, 1.807) is 32.9 Å². The highest BCUT2D eigenvalue weighted by Crippen LogP contribution is 2.26. The highest BCUT2D eigenvalue weighted by atomic mass is 19.1. The minimum absolute atomic E-state index is 0.0232. The van der Waals surface area contributed by atoms with E-state index in [1.165, 1.54) is 11.0 Å². The summed E-state index contributed by atoms with van der Waals surface area (Å²) in [5.41, 5.74) is 0.263. The number of nitrogens with one attached hydrogen (secondary N) is 2. The fourth-order valence-electron chi connectivity index (χ4n) is 3.40. The van der Waals surface area contributed by atoms with E-state index >= 15 is 0 Å². The normalized spacial score (nSPS) is 19.0. The first-order chi connectivity index (χ1) is 14.5. The molecule has 1 aliphatic heterocycles. The average molecular weight is 439 g/mol. The predicted octanol–water partition coefficient (Wildman–Crippen LogP) is 3.82. The Morgan fingerprint density at radius 3 is 2.45 bits per heavy atom. The van der Waals surface area contributed by atoms with Crippen molar-refractivity contribution in [2.24, 2.45) is 0 Å². The molecular formula is C22H35FN4O4. The minimum atomic E-state index is -0.581. The van der Waals surface area contributed by atoms with Crippen molar-refractivity contribution in [3.05, 3.63) is 24.0 Å². The zero-order valence-corrected chi connectivity index (χ0v) is 19.3. The van der Waals surface area contributed by atoms with Crippen molar-refractivity contribution >= 4 is 23.5 Å². The quantitative estimate of drug-likeness (QED) is 0.706. The minimum Gasteiger partial charge on any atom is -0.444 e. The SMILES string of the molecule is CCN(CCNC(=O)Nc1ccc(N2C[C@H](C)O[C@@H](C)C2)c(F)c1)C(=O)OC(C)(C)C. The Morgan fingerprint density at radius 1 is 1.26 bits per heavy atom. The van der Waals surface area contributed by atoms with Crippen LogP contribution in [-0.2, 0) is 9.47 Å². The second-order valence-corrected chi connectivity index (χ2v) is 8.77. The topological polar surface area (TPSA) is 83.1 Å². The maximum Gasteiger partial charge on any atom is 0.410 e. The lowest BCUT2D eigenvalue weighted by Gasteiger charge is -2.37. The van der Waals surface area contributed by atoms with E-state index in [0.717, 1.165) is 0 Å². The van der Waals surface area contributed by atoms with Crippen molar-refractivity contribution in [3.63, 3.8) is 0 Å². The molecule has 0 unspecified atom stereocenters. The third-order valence-corrected chi connectivity index (χ3v) is 4.67. The average Bonchev–Trinajstić information content (AvgIpc) is 2.63. The van der Waals surface area contributed by atoms with Crippen LogP contribution in [0, 0.1) is 5.82 Å². The number of benzene rings is 1. The van der Waals surface area contributed by atoms with E-state index in [4.69, 9.17) is 9.47 Å². The van der Waals surface area contributed by atoms with Crippen LogP contribution in [0.5, 0.6) is 0 Å². The van der Waals surface area contributed by atoms with Gasteiger partial charge >= 0.3 is 12.1 Å². The van der Waals surface area contributed by atoms with Gasteiger partial charge in [-0.1, -0.05) is 0 Å². The molecule has 8 nitrogen and oxygen atoms in total. The van der Waals surface area contributed by atoms with Gasteiger partial charge in [-0.15, -0.1) is 0 Å².